The third-order valence-electron chi connectivity index (χ3n) is 3.25. The van der Waals surface area contributed by atoms with Gasteiger partial charge in [0, 0.05) is 28.8 Å². The molecule has 1 aliphatic heterocycles. The largest absolute Gasteiger partial charge is 0.369 e. The van der Waals surface area contributed by atoms with Crippen LogP contribution < -0.4 is 4.90 Å². The van der Waals surface area contributed by atoms with Crippen LogP contribution in [-0.2, 0) is 4.74 Å². The Hall–Kier alpha value is -0.870. The molecule has 19 heavy (non-hydrogen) atoms. The molecule has 4 heteroatoms. The molecule has 1 heterocycles. The molecule has 3 nitrogen and oxygen atoms in total. The van der Waals surface area contributed by atoms with E-state index in [2.05, 4.69) is 41.6 Å². The number of rotatable bonds is 2. The molecule has 0 aliphatic carbocycles. The molecule has 1 aromatic rings. The molecule has 1 atom stereocenters. The highest BCUT2D eigenvalue weighted by Gasteiger charge is 2.32. The van der Waals surface area contributed by atoms with E-state index in [9.17, 15) is 4.79 Å². The second-order valence-electron chi connectivity index (χ2n) is 5.79. The molecule has 0 aromatic heterocycles. The lowest BCUT2D eigenvalue weighted by Crippen LogP contribution is -2.52. The average Bonchev–Trinajstić information content (AvgIpc) is 2.25. The SMILES string of the molecule is CC(=O)c1cc(Br)ccc1N1CC(C)OC(C)(C)C1. The van der Waals surface area contributed by atoms with Crippen molar-refractivity contribution < 1.29 is 9.53 Å². The van der Waals surface area contributed by atoms with Crippen molar-refractivity contribution >= 4 is 27.4 Å². The van der Waals surface area contributed by atoms with E-state index in [-0.39, 0.29) is 17.5 Å². The smallest absolute Gasteiger partial charge is 0.161 e. The molecule has 1 fully saturated rings. The summed E-state index contributed by atoms with van der Waals surface area (Å²) in [4.78, 5) is 14.1. The zero-order chi connectivity index (χ0) is 14.2. The highest BCUT2D eigenvalue weighted by atomic mass is 79.9. The number of carbonyl (C=O) groups excluding carboxylic acids is 1. The van der Waals surface area contributed by atoms with E-state index in [4.69, 9.17) is 4.74 Å². The Bertz CT molecular complexity index is 499. The second-order valence-corrected chi connectivity index (χ2v) is 6.70. The minimum Gasteiger partial charge on any atom is -0.369 e. The fourth-order valence-corrected chi connectivity index (χ4v) is 3.06. The molecule has 1 aromatic carbocycles. The number of benzene rings is 1. The van der Waals surface area contributed by atoms with Crippen LogP contribution in [0.5, 0.6) is 0 Å². The molecule has 0 saturated carbocycles. The minimum atomic E-state index is -0.196. The monoisotopic (exact) mass is 325 g/mol. The van der Waals surface area contributed by atoms with Crippen molar-refractivity contribution in [3.05, 3.63) is 28.2 Å². The van der Waals surface area contributed by atoms with Gasteiger partial charge in [-0.05, 0) is 45.9 Å². The Morgan fingerprint density at radius 2 is 2.16 bits per heavy atom. The number of hydrogen-bond acceptors (Lipinski definition) is 3. The molecular formula is C15H20BrNO2. The van der Waals surface area contributed by atoms with Crippen molar-refractivity contribution in [3.8, 4) is 0 Å². The second kappa shape index (κ2) is 5.25. The highest BCUT2D eigenvalue weighted by molar-refractivity contribution is 9.10. The van der Waals surface area contributed by atoms with Gasteiger partial charge in [0.25, 0.3) is 0 Å². The van der Waals surface area contributed by atoms with Gasteiger partial charge in [0.05, 0.1) is 11.7 Å². The van der Waals surface area contributed by atoms with E-state index < -0.39 is 0 Å². The Kier molecular flexibility index (Phi) is 4.02. The van der Waals surface area contributed by atoms with E-state index in [0.717, 1.165) is 28.8 Å². The van der Waals surface area contributed by atoms with Gasteiger partial charge < -0.3 is 9.64 Å². The van der Waals surface area contributed by atoms with Crippen LogP contribution in [0.3, 0.4) is 0 Å². The summed E-state index contributed by atoms with van der Waals surface area (Å²) in [6.07, 6.45) is 0.159. The van der Waals surface area contributed by atoms with Crippen LogP contribution in [0.1, 0.15) is 38.1 Å². The van der Waals surface area contributed by atoms with Crippen LogP contribution in [0.4, 0.5) is 5.69 Å². The summed E-state index contributed by atoms with van der Waals surface area (Å²) in [7, 11) is 0. The maximum absolute atomic E-state index is 11.8. The number of hydrogen-bond donors (Lipinski definition) is 0. The van der Waals surface area contributed by atoms with Crippen molar-refractivity contribution in [2.75, 3.05) is 18.0 Å². The lowest BCUT2D eigenvalue weighted by molar-refractivity contribution is -0.0750. The first kappa shape index (κ1) is 14.5. The van der Waals surface area contributed by atoms with Gasteiger partial charge in [-0.15, -0.1) is 0 Å². The van der Waals surface area contributed by atoms with Crippen molar-refractivity contribution in [1.82, 2.24) is 0 Å². The fraction of sp³-hybridized carbons (Fsp3) is 0.533. The maximum atomic E-state index is 11.8. The summed E-state index contributed by atoms with van der Waals surface area (Å²) in [5, 5.41) is 0. The zero-order valence-electron chi connectivity index (χ0n) is 11.9. The number of carbonyl (C=O) groups is 1. The van der Waals surface area contributed by atoms with Crippen molar-refractivity contribution in [2.45, 2.75) is 39.4 Å². The van der Waals surface area contributed by atoms with Gasteiger partial charge >= 0.3 is 0 Å². The van der Waals surface area contributed by atoms with E-state index in [1.807, 2.05) is 18.2 Å². The summed E-state index contributed by atoms with van der Waals surface area (Å²) in [6, 6.07) is 5.88. The van der Waals surface area contributed by atoms with E-state index in [1.54, 1.807) is 6.92 Å². The first-order valence-electron chi connectivity index (χ1n) is 6.52. The van der Waals surface area contributed by atoms with Crippen LogP contribution in [0.2, 0.25) is 0 Å². The van der Waals surface area contributed by atoms with Crippen molar-refractivity contribution in [3.63, 3.8) is 0 Å². The van der Waals surface area contributed by atoms with Gasteiger partial charge in [0.2, 0.25) is 0 Å². The fourth-order valence-electron chi connectivity index (χ4n) is 2.70. The average molecular weight is 326 g/mol. The number of morpholine rings is 1. The summed E-state index contributed by atoms with van der Waals surface area (Å²) >= 11 is 3.43. The van der Waals surface area contributed by atoms with E-state index in [0.29, 0.717) is 0 Å². The number of anilines is 1. The molecular weight excluding hydrogens is 306 g/mol. The molecule has 0 amide bonds. The first-order chi connectivity index (χ1) is 8.78. The standard InChI is InChI=1S/C15H20BrNO2/c1-10-8-17(9-15(3,4)19-10)14-6-5-12(16)7-13(14)11(2)18/h5-7,10H,8-9H2,1-4H3. The van der Waals surface area contributed by atoms with Gasteiger partial charge in [0.15, 0.2) is 5.78 Å². The molecule has 0 radical (unpaired) electrons. The quantitative estimate of drug-likeness (QED) is 0.777. The maximum Gasteiger partial charge on any atom is 0.161 e. The number of halogens is 1. The lowest BCUT2D eigenvalue weighted by Gasteiger charge is -2.43. The number of nitrogens with zero attached hydrogens (tertiary/aromatic N) is 1. The molecule has 104 valence electrons. The number of Topliss-reactive ketones (excluding diaryl/α,β-unsaturated/α-hetero) is 1. The van der Waals surface area contributed by atoms with Gasteiger partial charge in [-0.1, -0.05) is 15.9 Å². The van der Waals surface area contributed by atoms with Crippen LogP contribution in [0.25, 0.3) is 0 Å². The molecule has 1 unspecified atom stereocenters. The molecule has 0 bridgehead atoms. The molecule has 1 aliphatic rings. The van der Waals surface area contributed by atoms with E-state index >= 15 is 0 Å². The minimum absolute atomic E-state index is 0.0910. The van der Waals surface area contributed by atoms with Gasteiger partial charge in [0.1, 0.15) is 0 Å². The summed E-state index contributed by atoms with van der Waals surface area (Å²) in [5.41, 5.74) is 1.57. The van der Waals surface area contributed by atoms with Gasteiger partial charge in [-0.2, -0.15) is 0 Å². The number of ketones is 1. The highest BCUT2D eigenvalue weighted by Crippen LogP contribution is 2.30. The topological polar surface area (TPSA) is 29.5 Å². The Morgan fingerprint density at radius 3 is 2.74 bits per heavy atom. The van der Waals surface area contributed by atoms with Crippen LogP contribution >= 0.6 is 15.9 Å². The predicted octanol–water partition coefficient (Wildman–Crippen LogP) is 3.66. The third kappa shape index (κ3) is 3.37. The van der Waals surface area contributed by atoms with Crippen LogP contribution in [-0.4, -0.2) is 30.6 Å². The van der Waals surface area contributed by atoms with Crippen molar-refractivity contribution in [2.24, 2.45) is 0 Å². The van der Waals surface area contributed by atoms with E-state index in [1.165, 1.54) is 0 Å². The molecule has 1 saturated heterocycles. The number of ether oxygens (including phenoxy) is 1. The first-order valence-corrected chi connectivity index (χ1v) is 7.31. The molecule has 2 rings (SSSR count). The normalized spacial score (nSPS) is 22.4. The lowest BCUT2D eigenvalue weighted by atomic mass is 10.0. The predicted molar refractivity (Wildman–Crippen MR) is 81.0 cm³/mol. The van der Waals surface area contributed by atoms with Crippen LogP contribution in [0.15, 0.2) is 22.7 Å². The Labute approximate surface area is 123 Å². The Morgan fingerprint density at radius 1 is 1.47 bits per heavy atom. The van der Waals surface area contributed by atoms with Gasteiger partial charge in [-0.25, -0.2) is 0 Å². The Balaban J connectivity index is 2.38. The molecule has 0 spiro atoms. The summed E-state index contributed by atoms with van der Waals surface area (Å²) in [5.74, 6) is 0.0910. The summed E-state index contributed by atoms with van der Waals surface area (Å²) < 4.78 is 6.85. The molecule has 0 N–H and O–H groups in total. The van der Waals surface area contributed by atoms with Crippen LogP contribution in [0, 0.1) is 0 Å². The van der Waals surface area contributed by atoms with Gasteiger partial charge in [-0.3, -0.25) is 4.79 Å². The summed E-state index contributed by atoms with van der Waals surface area (Å²) in [6.45, 7) is 9.45. The zero-order valence-corrected chi connectivity index (χ0v) is 13.5. The van der Waals surface area contributed by atoms with Crippen molar-refractivity contribution in [1.29, 1.82) is 0 Å². The third-order valence-corrected chi connectivity index (χ3v) is 3.74.